The van der Waals surface area contributed by atoms with Crippen LogP contribution in [-0.4, -0.2) is 45.3 Å². The lowest BCUT2D eigenvalue weighted by Crippen LogP contribution is -2.46. The maximum Gasteiger partial charge on any atom is 0.242 e. The zero-order valence-electron chi connectivity index (χ0n) is 15.9. The van der Waals surface area contributed by atoms with Crippen LogP contribution in [0.3, 0.4) is 0 Å². The van der Waals surface area contributed by atoms with Crippen molar-refractivity contribution in [3.8, 4) is 0 Å². The minimum absolute atomic E-state index is 0.0304. The minimum Gasteiger partial charge on any atom is -0.353 e. The zero-order chi connectivity index (χ0) is 18.1. The fraction of sp³-hybridized carbons (Fsp3) is 0.684. The van der Waals surface area contributed by atoms with E-state index in [1.165, 1.54) is 0 Å². The fourth-order valence-electron chi connectivity index (χ4n) is 2.66. The van der Waals surface area contributed by atoms with Gasteiger partial charge in [-0.05, 0) is 38.8 Å². The number of hydrogen-bond acceptors (Lipinski definition) is 2. The van der Waals surface area contributed by atoms with Crippen LogP contribution in [0, 0.1) is 0 Å². The van der Waals surface area contributed by atoms with E-state index in [2.05, 4.69) is 6.92 Å². The fourth-order valence-corrected chi connectivity index (χ4v) is 2.66. The quantitative estimate of drug-likeness (QED) is 0.659. The first-order valence-corrected chi connectivity index (χ1v) is 9.08. The molecule has 0 aliphatic heterocycles. The van der Waals surface area contributed by atoms with Crippen molar-refractivity contribution in [2.45, 2.75) is 66.0 Å². The molecule has 1 rings (SSSR count). The molecule has 0 bridgehead atoms. The van der Waals surface area contributed by atoms with Crippen LogP contribution >= 0.6 is 0 Å². The van der Waals surface area contributed by atoms with Gasteiger partial charge in [0.2, 0.25) is 11.8 Å². The predicted molar refractivity (Wildman–Crippen MR) is 97.5 cm³/mol. The monoisotopic (exact) mass is 335 g/mol. The maximum absolute atomic E-state index is 12.8. The molecule has 0 saturated carbocycles. The summed E-state index contributed by atoms with van der Waals surface area (Å²) in [5.74, 6) is 0.0953. The molecule has 0 unspecified atom stereocenters. The van der Waals surface area contributed by atoms with Gasteiger partial charge in [-0.3, -0.25) is 9.59 Å². The molecule has 24 heavy (non-hydrogen) atoms. The summed E-state index contributed by atoms with van der Waals surface area (Å²) in [4.78, 5) is 28.7. The zero-order valence-corrected chi connectivity index (χ0v) is 15.9. The Balaban J connectivity index is 2.81. The van der Waals surface area contributed by atoms with Gasteiger partial charge in [0.05, 0.1) is 13.1 Å². The second kappa shape index (κ2) is 10.2. The van der Waals surface area contributed by atoms with Crippen LogP contribution in [0.25, 0.3) is 0 Å². The first-order valence-electron chi connectivity index (χ1n) is 9.08. The molecule has 0 fully saturated rings. The third-order valence-corrected chi connectivity index (χ3v) is 4.25. The summed E-state index contributed by atoms with van der Waals surface area (Å²) < 4.78 is 2.04. The van der Waals surface area contributed by atoms with Crippen LogP contribution in [0.2, 0.25) is 0 Å². The number of aryl methyl sites for hydroxylation is 1. The molecule has 0 N–H and O–H groups in total. The highest BCUT2D eigenvalue weighted by Crippen LogP contribution is 2.10. The molecule has 0 aliphatic carbocycles. The van der Waals surface area contributed by atoms with Crippen molar-refractivity contribution in [2.75, 3.05) is 13.1 Å². The molecule has 136 valence electrons. The Labute approximate surface area is 146 Å². The number of carbonyl (C=O) groups excluding carboxylic acids is 2. The predicted octanol–water partition coefficient (Wildman–Crippen LogP) is 3.19. The summed E-state index contributed by atoms with van der Waals surface area (Å²) in [6.45, 7) is 9.54. The van der Waals surface area contributed by atoms with Gasteiger partial charge < -0.3 is 14.4 Å². The Kier molecular flexibility index (Phi) is 8.58. The smallest absolute Gasteiger partial charge is 0.242 e. The minimum atomic E-state index is 0.0304. The first-order chi connectivity index (χ1) is 11.4. The summed E-state index contributed by atoms with van der Waals surface area (Å²) in [7, 11) is 1.99. The molecule has 5 nitrogen and oxygen atoms in total. The Bertz CT molecular complexity index is 522. The van der Waals surface area contributed by atoms with E-state index >= 15 is 0 Å². The number of amides is 2. The SMILES string of the molecule is CCCCN(Cc1cccn1C)C(=O)CN(C(=O)CCC)C(C)C. The molecular weight excluding hydrogens is 302 g/mol. The lowest BCUT2D eigenvalue weighted by molar-refractivity contribution is -0.142. The highest BCUT2D eigenvalue weighted by Gasteiger charge is 2.23. The third kappa shape index (κ3) is 6.02. The molecule has 0 radical (unpaired) electrons. The highest BCUT2D eigenvalue weighted by molar-refractivity contribution is 5.85. The van der Waals surface area contributed by atoms with E-state index in [4.69, 9.17) is 0 Å². The number of aromatic nitrogens is 1. The number of hydrogen-bond donors (Lipinski definition) is 0. The van der Waals surface area contributed by atoms with Gasteiger partial charge in [-0.25, -0.2) is 0 Å². The van der Waals surface area contributed by atoms with E-state index in [1.54, 1.807) is 4.90 Å². The topological polar surface area (TPSA) is 45.6 Å². The van der Waals surface area contributed by atoms with Crippen molar-refractivity contribution >= 4 is 11.8 Å². The Morgan fingerprint density at radius 2 is 1.88 bits per heavy atom. The van der Waals surface area contributed by atoms with E-state index in [0.29, 0.717) is 13.0 Å². The Morgan fingerprint density at radius 1 is 1.17 bits per heavy atom. The number of nitrogens with zero attached hydrogens (tertiary/aromatic N) is 3. The van der Waals surface area contributed by atoms with Crippen molar-refractivity contribution in [2.24, 2.45) is 7.05 Å². The summed E-state index contributed by atoms with van der Waals surface area (Å²) >= 11 is 0. The van der Waals surface area contributed by atoms with Crippen molar-refractivity contribution in [1.29, 1.82) is 0 Å². The normalized spacial score (nSPS) is 10.9. The van der Waals surface area contributed by atoms with Gasteiger partial charge in [0.15, 0.2) is 0 Å². The van der Waals surface area contributed by atoms with Crippen LogP contribution in [0.5, 0.6) is 0 Å². The lowest BCUT2D eigenvalue weighted by atomic mass is 10.2. The molecule has 1 heterocycles. The van der Waals surface area contributed by atoms with Crippen molar-refractivity contribution in [1.82, 2.24) is 14.4 Å². The van der Waals surface area contributed by atoms with E-state index in [-0.39, 0.29) is 24.4 Å². The van der Waals surface area contributed by atoms with Crippen molar-refractivity contribution < 1.29 is 9.59 Å². The number of rotatable bonds is 10. The molecule has 0 saturated heterocycles. The molecule has 5 heteroatoms. The molecule has 0 spiro atoms. The summed E-state index contributed by atoms with van der Waals surface area (Å²) in [5.41, 5.74) is 1.11. The average molecular weight is 335 g/mol. The van der Waals surface area contributed by atoms with E-state index in [1.807, 2.05) is 55.6 Å². The molecule has 0 aliphatic rings. The largest absolute Gasteiger partial charge is 0.353 e. The Hall–Kier alpha value is -1.78. The van der Waals surface area contributed by atoms with Gasteiger partial charge in [-0.1, -0.05) is 20.3 Å². The second-order valence-electron chi connectivity index (χ2n) is 6.64. The molecule has 0 atom stereocenters. The van der Waals surface area contributed by atoms with E-state index in [9.17, 15) is 9.59 Å². The molecular formula is C19H33N3O2. The van der Waals surface area contributed by atoms with Gasteiger partial charge in [-0.2, -0.15) is 0 Å². The molecule has 0 aromatic carbocycles. The summed E-state index contributed by atoms with van der Waals surface area (Å²) in [6.07, 6.45) is 5.31. The van der Waals surface area contributed by atoms with Crippen LogP contribution in [0.4, 0.5) is 0 Å². The maximum atomic E-state index is 12.8. The Morgan fingerprint density at radius 3 is 2.38 bits per heavy atom. The molecule has 2 amide bonds. The van der Waals surface area contributed by atoms with Gasteiger partial charge in [-0.15, -0.1) is 0 Å². The van der Waals surface area contributed by atoms with E-state index in [0.717, 1.165) is 31.5 Å². The summed E-state index contributed by atoms with van der Waals surface area (Å²) in [5, 5.41) is 0. The third-order valence-electron chi connectivity index (χ3n) is 4.25. The van der Waals surface area contributed by atoms with Crippen molar-refractivity contribution in [3.05, 3.63) is 24.0 Å². The number of unbranched alkanes of at least 4 members (excludes halogenated alkanes) is 1. The molecule has 1 aromatic heterocycles. The van der Waals surface area contributed by atoms with Gasteiger partial charge in [0.1, 0.15) is 0 Å². The highest BCUT2D eigenvalue weighted by atomic mass is 16.2. The standard InChI is InChI=1S/C19H33N3O2/c1-6-8-13-21(14-17-11-9-12-20(17)5)19(24)15-22(16(3)4)18(23)10-7-2/h9,11-12,16H,6-8,10,13-15H2,1-5H3. The van der Waals surface area contributed by atoms with E-state index < -0.39 is 0 Å². The van der Waals surface area contributed by atoms with Crippen molar-refractivity contribution in [3.63, 3.8) is 0 Å². The number of carbonyl (C=O) groups is 2. The van der Waals surface area contributed by atoms with Crippen LogP contribution in [-0.2, 0) is 23.2 Å². The summed E-state index contributed by atoms with van der Waals surface area (Å²) in [6, 6.07) is 4.06. The average Bonchev–Trinajstić information content (AvgIpc) is 2.93. The van der Waals surface area contributed by atoms with Crippen LogP contribution in [0.15, 0.2) is 18.3 Å². The van der Waals surface area contributed by atoms with Gasteiger partial charge in [0.25, 0.3) is 0 Å². The van der Waals surface area contributed by atoms with Crippen LogP contribution < -0.4 is 0 Å². The molecule has 1 aromatic rings. The van der Waals surface area contributed by atoms with Crippen LogP contribution in [0.1, 0.15) is 59.1 Å². The van der Waals surface area contributed by atoms with Gasteiger partial charge >= 0.3 is 0 Å². The second-order valence-corrected chi connectivity index (χ2v) is 6.64. The first kappa shape index (κ1) is 20.3. The van der Waals surface area contributed by atoms with Gasteiger partial charge in [0, 0.05) is 37.9 Å². The lowest BCUT2D eigenvalue weighted by Gasteiger charge is -2.30.